The van der Waals surface area contributed by atoms with E-state index in [2.05, 4.69) is 4.57 Å². The van der Waals surface area contributed by atoms with Crippen LogP contribution in [0.15, 0.2) is 59.5 Å². The van der Waals surface area contributed by atoms with Crippen LogP contribution in [0, 0.1) is 20.8 Å². The molecule has 38 heavy (non-hydrogen) atoms. The number of benzene rings is 2. The second kappa shape index (κ2) is 12.2. The zero-order valence-electron chi connectivity index (χ0n) is 22.2. The largest absolute Gasteiger partial charge is 0.492 e. The van der Waals surface area contributed by atoms with Gasteiger partial charge in [0.05, 0.1) is 23.6 Å². The summed E-state index contributed by atoms with van der Waals surface area (Å²) < 4.78 is 13.0. The van der Waals surface area contributed by atoms with E-state index in [9.17, 15) is 14.4 Å². The highest BCUT2D eigenvalue weighted by atomic mass is 32.2. The molecule has 1 aromatic heterocycles. The van der Waals surface area contributed by atoms with E-state index in [0.717, 1.165) is 52.8 Å². The van der Waals surface area contributed by atoms with Gasteiger partial charge in [-0.15, -0.1) is 0 Å². The van der Waals surface area contributed by atoms with E-state index in [1.54, 1.807) is 18.2 Å². The molecule has 2 heterocycles. The average molecular weight is 533 g/mol. The van der Waals surface area contributed by atoms with Gasteiger partial charge in [0.25, 0.3) is 11.1 Å². The number of nitrogens with zero attached hydrogens (tertiary/aromatic N) is 2. The van der Waals surface area contributed by atoms with Crippen LogP contribution in [-0.4, -0.2) is 46.3 Å². The van der Waals surface area contributed by atoms with Gasteiger partial charge < -0.3 is 14.0 Å². The molecule has 1 fully saturated rings. The van der Waals surface area contributed by atoms with Crippen LogP contribution in [0.5, 0.6) is 5.75 Å². The van der Waals surface area contributed by atoms with Crippen molar-refractivity contribution >= 4 is 35.0 Å². The van der Waals surface area contributed by atoms with Gasteiger partial charge in [0.2, 0.25) is 0 Å². The van der Waals surface area contributed by atoms with Crippen LogP contribution in [0.4, 0.5) is 4.79 Å². The van der Waals surface area contributed by atoms with Crippen LogP contribution in [0.25, 0.3) is 11.8 Å². The molecule has 198 valence electrons. The standard InChI is InChI=1S/C30H32N2O5S/c1-5-6-16-37-29(34)23-9-11-25(12-10-23)32-21(3)18-24(22(32)4)19-27-28(33)31(30(35)38-27)15-17-36-26-13-7-20(2)8-14-26/h7-14,18-19H,5-6,15-17H2,1-4H3/b27-19-. The zero-order chi connectivity index (χ0) is 27.2. The lowest BCUT2D eigenvalue weighted by Crippen LogP contribution is -2.32. The number of thioether (sulfide) groups is 1. The summed E-state index contributed by atoms with van der Waals surface area (Å²) in [5.74, 6) is 0.0573. The maximum Gasteiger partial charge on any atom is 0.338 e. The Balaban J connectivity index is 1.44. The zero-order valence-corrected chi connectivity index (χ0v) is 23.0. The Hall–Kier alpha value is -3.78. The summed E-state index contributed by atoms with van der Waals surface area (Å²) in [5.41, 5.74) is 5.28. The number of amides is 2. The van der Waals surface area contributed by atoms with Gasteiger partial charge >= 0.3 is 5.97 Å². The molecule has 7 nitrogen and oxygen atoms in total. The smallest absolute Gasteiger partial charge is 0.338 e. The van der Waals surface area contributed by atoms with E-state index in [0.29, 0.717) is 22.8 Å². The van der Waals surface area contributed by atoms with Crippen molar-refractivity contribution in [3.63, 3.8) is 0 Å². The predicted octanol–water partition coefficient (Wildman–Crippen LogP) is 6.47. The monoisotopic (exact) mass is 532 g/mol. The number of aryl methyl sites for hydroxylation is 2. The highest BCUT2D eigenvalue weighted by Gasteiger charge is 2.35. The summed E-state index contributed by atoms with van der Waals surface area (Å²) >= 11 is 0.940. The van der Waals surface area contributed by atoms with Gasteiger partial charge in [-0.3, -0.25) is 14.5 Å². The highest BCUT2D eigenvalue weighted by Crippen LogP contribution is 2.33. The molecule has 8 heteroatoms. The van der Waals surface area contributed by atoms with E-state index < -0.39 is 0 Å². The maximum atomic E-state index is 13.0. The van der Waals surface area contributed by atoms with Crippen LogP contribution < -0.4 is 4.74 Å². The third-order valence-corrected chi connectivity index (χ3v) is 7.23. The molecule has 0 unspecified atom stereocenters. The molecule has 0 N–H and O–H groups in total. The first-order valence-corrected chi connectivity index (χ1v) is 13.5. The second-order valence-corrected chi connectivity index (χ2v) is 10.2. The van der Waals surface area contributed by atoms with Gasteiger partial charge in [0.1, 0.15) is 12.4 Å². The first-order chi connectivity index (χ1) is 18.3. The van der Waals surface area contributed by atoms with Crippen molar-refractivity contribution < 1.29 is 23.9 Å². The Morgan fingerprint density at radius 2 is 1.68 bits per heavy atom. The minimum absolute atomic E-state index is 0.183. The van der Waals surface area contributed by atoms with Crippen LogP contribution in [-0.2, 0) is 9.53 Å². The predicted molar refractivity (Wildman–Crippen MR) is 150 cm³/mol. The molecule has 0 radical (unpaired) electrons. The minimum atomic E-state index is -0.327. The summed E-state index contributed by atoms with van der Waals surface area (Å²) in [6, 6.07) is 16.9. The molecule has 4 rings (SSSR count). The van der Waals surface area contributed by atoms with E-state index >= 15 is 0 Å². The molecule has 2 amide bonds. The third-order valence-electron chi connectivity index (χ3n) is 6.33. The molecule has 1 aliphatic rings. The molecule has 2 aromatic carbocycles. The minimum Gasteiger partial charge on any atom is -0.492 e. The number of hydrogen-bond acceptors (Lipinski definition) is 6. The summed E-state index contributed by atoms with van der Waals surface area (Å²) in [6.07, 6.45) is 3.58. The lowest BCUT2D eigenvalue weighted by Gasteiger charge is -2.13. The summed E-state index contributed by atoms with van der Waals surface area (Å²) in [6.45, 7) is 8.81. The Morgan fingerprint density at radius 1 is 0.974 bits per heavy atom. The number of esters is 1. The first-order valence-electron chi connectivity index (χ1n) is 12.7. The van der Waals surface area contributed by atoms with Gasteiger partial charge in [-0.25, -0.2) is 4.79 Å². The molecule has 0 atom stereocenters. The van der Waals surface area contributed by atoms with Gasteiger partial charge in [-0.1, -0.05) is 31.0 Å². The van der Waals surface area contributed by atoms with Crippen LogP contribution in [0.2, 0.25) is 0 Å². The lowest BCUT2D eigenvalue weighted by molar-refractivity contribution is -0.123. The number of rotatable bonds is 10. The molecule has 3 aromatic rings. The second-order valence-electron chi connectivity index (χ2n) is 9.19. The number of aromatic nitrogens is 1. The van der Waals surface area contributed by atoms with Crippen molar-refractivity contribution in [3.05, 3.63) is 87.6 Å². The number of imide groups is 1. The van der Waals surface area contributed by atoms with E-state index in [-0.39, 0.29) is 30.3 Å². The van der Waals surface area contributed by atoms with Gasteiger partial charge in [0, 0.05) is 17.1 Å². The number of carbonyl (C=O) groups excluding carboxylic acids is 3. The molecule has 0 saturated carbocycles. The van der Waals surface area contributed by atoms with E-state index in [1.807, 2.05) is 70.2 Å². The highest BCUT2D eigenvalue weighted by molar-refractivity contribution is 8.18. The molecular weight excluding hydrogens is 500 g/mol. The number of carbonyl (C=O) groups is 3. The summed E-state index contributed by atoms with van der Waals surface area (Å²) in [4.78, 5) is 39.4. The lowest BCUT2D eigenvalue weighted by atomic mass is 10.2. The maximum absolute atomic E-state index is 13.0. The Labute approximate surface area is 227 Å². The van der Waals surface area contributed by atoms with Crippen LogP contribution in [0.1, 0.15) is 52.6 Å². The summed E-state index contributed by atoms with van der Waals surface area (Å²) in [7, 11) is 0. The Morgan fingerprint density at radius 3 is 2.37 bits per heavy atom. The van der Waals surface area contributed by atoms with Gasteiger partial charge in [-0.05, 0) is 93.1 Å². The topological polar surface area (TPSA) is 77.8 Å². The van der Waals surface area contributed by atoms with Gasteiger partial charge in [0.15, 0.2) is 0 Å². The number of unbranched alkanes of at least 4 members (excludes halogenated alkanes) is 1. The van der Waals surface area contributed by atoms with Crippen molar-refractivity contribution in [2.45, 2.75) is 40.5 Å². The quantitative estimate of drug-likeness (QED) is 0.169. The summed E-state index contributed by atoms with van der Waals surface area (Å²) in [5, 5.41) is -0.302. The Kier molecular flexibility index (Phi) is 8.73. The molecule has 1 aliphatic heterocycles. The van der Waals surface area contributed by atoms with Crippen LogP contribution >= 0.6 is 11.8 Å². The van der Waals surface area contributed by atoms with Crippen molar-refractivity contribution in [1.29, 1.82) is 0 Å². The van der Waals surface area contributed by atoms with E-state index in [4.69, 9.17) is 9.47 Å². The Bertz CT molecular complexity index is 1360. The van der Waals surface area contributed by atoms with Crippen molar-refractivity contribution in [2.24, 2.45) is 0 Å². The first kappa shape index (κ1) is 27.3. The SMILES string of the molecule is CCCCOC(=O)c1ccc(-n2c(C)cc(/C=C3\SC(=O)N(CCOc4ccc(C)cc4)C3=O)c2C)cc1. The third kappa shape index (κ3) is 6.19. The molecular formula is C30H32N2O5S. The van der Waals surface area contributed by atoms with E-state index in [1.165, 1.54) is 4.90 Å². The van der Waals surface area contributed by atoms with Crippen LogP contribution in [0.3, 0.4) is 0 Å². The number of ether oxygens (including phenoxy) is 2. The fourth-order valence-corrected chi connectivity index (χ4v) is 5.05. The van der Waals surface area contributed by atoms with Crippen molar-refractivity contribution in [2.75, 3.05) is 19.8 Å². The van der Waals surface area contributed by atoms with Gasteiger partial charge in [-0.2, -0.15) is 0 Å². The fraction of sp³-hybridized carbons (Fsp3) is 0.300. The normalized spacial score (nSPS) is 14.4. The van der Waals surface area contributed by atoms with Crippen molar-refractivity contribution in [1.82, 2.24) is 9.47 Å². The van der Waals surface area contributed by atoms with Crippen molar-refractivity contribution in [3.8, 4) is 11.4 Å². The molecule has 0 bridgehead atoms. The molecule has 1 saturated heterocycles. The number of hydrogen-bond donors (Lipinski definition) is 0. The molecule has 0 spiro atoms. The fourth-order valence-electron chi connectivity index (χ4n) is 4.19. The molecule has 0 aliphatic carbocycles. The average Bonchev–Trinajstić information content (AvgIpc) is 3.33.